The summed E-state index contributed by atoms with van der Waals surface area (Å²) >= 11 is 0. The molecule has 0 saturated carbocycles. The maximum atomic E-state index is 11.4. The van der Waals surface area contributed by atoms with Gasteiger partial charge in [0, 0.05) is 25.4 Å². The Morgan fingerprint density at radius 3 is 2.76 bits per heavy atom. The van der Waals surface area contributed by atoms with Crippen molar-refractivity contribution in [3.63, 3.8) is 0 Å². The predicted molar refractivity (Wildman–Crippen MR) is 76.9 cm³/mol. The SMILES string of the molecule is CC(C)(C)OC(=O)NCCC#Cc1cnccc1C(=O)O. The normalized spacial score (nSPS) is 10.2. The molecule has 0 aromatic carbocycles. The van der Waals surface area contributed by atoms with E-state index < -0.39 is 17.7 Å². The number of nitrogens with zero attached hydrogens (tertiary/aromatic N) is 1. The number of carboxylic acids is 1. The highest BCUT2D eigenvalue weighted by molar-refractivity contribution is 5.90. The molecule has 1 rings (SSSR count). The van der Waals surface area contributed by atoms with E-state index >= 15 is 0 Å². The molecule has 0 aliphatic rings. The van der Waals surface area contributed by atoms with Gasteiger partial charge < -0.3 is 15.2 Å². The van der Waals surface area contributed by atoms with Crippen molar-refractivity contribution in [2.75, 3.05) is 6.54 Å². The van der Waals surface area contributed by atoms with E-state index in [1.807, 2.05) is 0 Å². The first kappa shape index (κ1) is 16.5. The molecule has 0 unspecified atom stereocenters. The Morgan fingerprint density at radius 2 is 2.14 bits per heavy atom. The Kier molecular flexibility index (Phi) is 5.73. The van der Waals surface area contributed by atoms with Crippen LogP contribution >= 0.6 is 0 Å². The fraction of sp³-hybridized carbons (Fsp3) is 0.400. The number of hydrogen-bond acceptors (Lipinski definition) is 4. The number of pyridine rings is 1. The molecule has 0 bridgehead atoms. The summed E-state index contributed by atoms with van der Waals surface area (Å²) in [5, 5.41) is 11.5. The van der Waals surface area contributed by atoms with Gasteiger partial charge in [-0.25, -0.2) is 9.59 Å². The number of amides is 1. The minimum Gasteiger partial charge on any atom is -0.478 e. The monoisotopic (exact) mass is 290 g/mol. The first-order chi connectivity index (χ1) is 9.79. The molecule has 6 heteroatoms. The molecule has 1 heterocycles. The first-order valence-corrected chi connectivity index (χ1v) is 6.42. The van der Waals surface area contributed by atoms with E-state index in [4.69, 9.17) is 9.84 Å². The number of ether oxygens (including phenoxy) is 1. The number of nitrogens with one attached hydrogen (secondary N) is 1. The average Bonchev–Trinajstić information content (AvgIpc) is 2.36. The summed E-state index contributed by atoms with van der Waals surface area (Å²) in [6.45, 7) is 5.66. The van der Waals surface area contributed by atoms with Crippen molar-refractivity contribution in [2.45, 2.75) is 32.8 Å². The first-order valence-electron chi connectivity index (χ1n) is 6.42. The minimum atomic E-state index is -1.05. The van der Waals surface area contributed by atoms with Gasteiger partial charge in [0.25, 0.3) is 0 Å². The summed E-state index contributed by atoms with van der Waals surface area (Å²) in [5.74, 6) is 4.48. The van der Waals surface area contributed by atoms with Crippen molar-refractivity contribution in [1.29, 1.82) is 0 Å². The quantitative estimate of drug-likeness (QED) is 0.657. The third kappa shape index (κ3) is 6.43. The zero-order valence-electron chi connectivity index (χ0n) is 12.3. The van der Waals surface area contributed by atoms with Crippen LogP contribution in [0.2, 0.25) is 0 Å². The number of carbonyl (C=O) groups excluding carboxylic acids is 1. The van der Waals surface area contributed by atoms with Crippen LogP contribution in [-0.2, 0) is 4.74 Å². The molecule has 0 atom stereocenters. The van der Waals surface area contributed by atoms with Gasteiger partial charge in [0.1, 0.15) is 5.60 Å². The highest BCUT2D eigenvalue weighted by atomic mass is 16.6. The Balaban J connectivity index is 2.48. The summed E-state index contributed by atoms with van der Waals surface area (Å²) in [5.41, 5.74) is -0.0816. The van der Waals surface area contributed by atoms with Gasteiger partial charge >= 0.3 is 12.1 Å². The van der Waals surface area contributed by atoms with Gasteiger partial charge in [-0.15, -0.1) is 0 Å². The summed E-state index contributed by atoms with van der Waals surface area (Å²) < 4.78 is 5.07. The number of rotatable bonds is 3. The van der Waals surface area contributed by atoms with Gasteiger partial charge in [-0.1, -0.05) is 11.8 Å². The molecule has 1 amide bonds. The highest BCUT2D eigenvalue weighted by Crippen LogP contribution is 2.06. The van der Waals surface area contributed by atoms with Gasteiger partial charge in [0.2, 0.25) is 0 Å². The summed E-state index contributed by atoms with van der Waals surface area (Å²) in [6.07, 6.45) is 2.68. The lowest BCUT2D eigenvalue weighted by atomic mass is 10.1. The second kappa shape index (κ2) is 7.29. The van der Waals surface area contributed by atoms with Crippen molar-refractivity contribution in [1.82, 2.24) is 10.3 Å². The van der Waals surface area contributed by atoms with Crippen LogP contribution in [0.1, 0.15) is 43.1 Å². The number of carbonyl (C=O) groups is 2. The van der Waals surface area contributed by atoms with Gasteiger partial charge in [-0.2, -0.15) is 0 Å². The molecular weight excluding hydrogens is 272 g/mol. The minimum absolute atomic E-state index is 0.109. The second-order valence-corrected chi connectivity index (χ2v) is 5.21. The Labute approximate surface area is 123 Å². The largest absolute Gasteiger partial charge is 0.478 e. The van der Waals surface area contributed by atoms with Crippen molar-refractivity contribution < 1.29 is 19.4 Å². The van der Waals surface area contributed by atoms with Crippen LogP contribution in [0.25, 0.3) is 0 Å². The molecule has 0 radical (unpaired) electrons. The zero-order chi connectivity index (χ0) is 15.9. The molecule has 6 nitrogen and oxygen atoms in total. The third-order valence-corrected chi connectivity index (χ3v) is 2.19. The summed E-state index contributed by atoms with van der Waals surface area (Å²) in [7, 11) is 0. The fourth-order valence-electron chi connectivity index (χ4n) is 1.38. The average molecular weight is 290 g/mol. The maximum absolute atomic E-state index is 11.4. The molecule has 112 valence electrons. The zero-order valence-corrected chi connectivity index (χ0v) is 12.3. The predicted octanol–water partition coefficient (Wildman–Crippen LogP) is 2.05. The van der Waals surface area contributed by atoms with Crippen LogP contribution in [0.15, 0.2) is 18.5 Å². The number of carboxylic acid groups (broad SMARTS) is 1. The number of aromatic nitrogens is 1. The van der Waals surface area contributed by atoms with Gasteiger partial charge in [-0.05, 0) is 26.8 Å². The molecule has 0 aliphatic heterocycles. The van der Waals surface area contributed by atoms with E-state index in [0.717, 1.165) is 0 Å². The van der Waals surface area contributed by atoms with Crippen LogP contribution < -0.4 is 5.32 Å². The van der Waals surface area contributed by atoms with Crippen LogP contribution in [0.5, 0.6) is 0 Å². The molecule has 0 spiro atoms. The number of hydrogen-bond donors (Lipinski definition) is 2. The van der Waals surface area contributed by atoms with Gasteiger partial charge in [-0.3, -0.25) is 4.98 Å². The van der Waals surface area contributed by atoms with E-state index in [0.29, 0.717) is 18.5 Å². The molecule has 21 heavy (non-hydrogen) atoms. The number of aromatic carboxylic acids is 1. The van der Waals surface area contributed by atoms with Crippen LogP contribution in [0, 0.1) is 11.8 Å². The van der Waals surface area contributed by atoms with Crippen LogP contribution in [0.4, 0.5) is 4.79 Å². The molecule has 0 saturated heterocycles. The maximum Gasteiger partial charge on any atom is 0.407 e. The van der Waals surface area contributed by atoms with E-state index in [1.165, 1.54) is 18.5 Å². The third-order valence-electron chi connectivity index (χ3n) is 2.19. The Bertz CT molecular complexity index is 579. The van der Waals surface area contributed by atoms with Gasteiger partial charge in [0.05, 0.1) is 11.1 Å². The Morgan fingerprint density at radius 1 is 1.43 bits per heavy atom. The standard InChI is InChI=1S/C15H18N2O4/c1-15(2,3)21-14(20)17-8-5-4-6-11-10-16-9-7-12(11)13(18)19/h7,9-10H,5,8H2,1-3H3,(H,17,20)(H,18,19). The lowest BCUT2D eigenvalue weighted by Crippen LogP contribution is -2.32. The van der Waals surface area contributed by atoms with Crippen molar-refractivity contribution in [3.05, 3.63) is 29.6 Å². The highest BCUT2D eigenvalue weighted by Gasteiger charge is 2.15. The lowest BCUT2D eigenvalue weighted by Gasteiger charge is -2.19. The van der Waals surface area contributed by atoms with Crippen molar-refractivity contribution >= 4 is 12.1 Å². The van der Waals surface area contributed by atoms with Crippen molar-refractivity contribution in [3.8, 4) is 11.8 Å². The van der Waals surface area contributed by atoms with E-state index in [9.17, 15) is 9.59 Å². The molecule has 1 aromatic heterocycles. The van der Waals surface area contributed by atoms with E-state index in [2.05, 4.69) is 22.1 Å². The summed E-state index contributed by atoms with van der Waals surface area (Å²) in [6, 6.07) is 1.39. The summed E-state index contributed by atoms with van der Waals surface area (Å²) in [4.78, 5) is 26.2. The molecule has 2 N–H and O–H groups in total. The molecular formula is C15H18N2O4. The smallest absolute Gasteiger partial charge is 0.407 e. The number of alkyl carbamates (subject to hydrolysis) is 1. The van der Waals surface area contributed by atoms with Crippen LogP contribution in [0.3, 0.4) is 0 Å². The van der Waals surface area contributed by atoms with E-state index in [-0.39, 0.29) is 5.56 Å². The molecule has 0 aliphatic carbocycles. The fourth-order valence-corrected chi connectivity index (χ4v) is 1.38. The lowest BCUT2D eigenvalue weighted by molar-refractivity contribution is 0.0528. The van der Waals surface area contributed by atoms with Crippen LogP contribution in [-0.4, -0.2) is 34.3 Å². The molecule has 0 fully saturated rings. The Hall–Kier alpha value is -2.55. The van der Waals surface area contributed by atoms with Gasteiger partial charge in [0.15, 0.2) is 0 Å². The topological polar surface area (TPSA) is 88.5 Å². The van der Waals surface area contributed by atoms with E-state index in [1.54, 1.807) is 20.8 Å². The van der Waals surface area contributed by atoms with Crippen molar-refractivity contribution in [2.24, 2.45) is 0 Å². The second-order valence-electron chi connectivity index (χ2n) is 5.21. The molecule has 1 aromatic rings.